The molecule has 0 aliphatic carbocycles. The monoisotopic (exact) mass is 258 g/mol. The van der Waals surface area contributed by atoms with Crippen molar-refractivity contribution in [2.24, 2.45) is 5.73 Å². The highest BCUT2D eigenvalue weighted by atomic mass is 16.1. The molecule has 100 valence electrons. The van der Waals surface area contributed by atoms with Crippen LogP contribution in [0.15, 0.2) is 24.3 Å². The Morgan fingerprint density at radius 3 is 2.37 bits per heavy atom. The number of hydrogen-bond donors (Lipinski definition) is 2. The second-order valence-corrected chi connectivity index (χ2v) is 5.06. The molecule has 0 spiro atoms. The maximum atomic E-state index is 10.9. The van der Waals surface area contributed by atoms with E-state index in [0.717, 1.165) is 5.56 Å². The molecule has 0 bridgehead atoms. The van der Waals surface area contributed by atoms with Gasteiger partial charge in [0.25, 0.3) is 0 Å². The van der Waals surface area contributed by atoms with E-state index in [1.807, 2.05) is 29.2 Å². The Morgan fingerprint density at radius 1 is 1.32 bits per heavy atom. The van der Waals surface area contributed by atoms with Gasteiger partial charge in [-0.2, -0.15) is 5.26 Å². The van der Waals surface area contributed by atoms with Gasteiger partial charge in [-0.15, -0.1) is 0 Å². The summed E-state index contributed by atoms with van der Waals surface area (Å²) in [7, 11) is 0. The Hall–Kier alpha value is -2.06. The third kappa shape index (κ3) is 2.85. The lowest BCUT2D eigenvalue weighted by atomic mass is 9.74. The summed E-state index contributed by atoms with van der Waals surface area (Å²) in [4.78, 5) is 12.9. The van der Waals surface area contributed by atoms with Crippen LogP contribution in [-0.2, 0) is 10.2 Å². The molecule has 1 aliphatic heterocycles. The van der Waals surface area contributed by atoms with Crippen molar-refractivity contribution in [3.63, 3.8) is 0 Å². The summed E-state index contributed by atoms with van der Waals surface area (Å²) in [6.07, 6.45) is 1.42. The number of benzene rings is 1. The molecular formula is C14H18N4O. The van der Waals surface area contributed by atoms with Gasteiger partial charge in [-0.3, -0.25) is 9.69 Å². The van der Waals surface area contributed by atoms with Crippen molar-refractivity contribution in [2.45, 2.75) is 18.3 Å². The highest BCUT2D eigenvalue weighted by molar-refractivity contribution is 5.75. The number of piperidine rings is 1. The third-order valence-electron chi connectivity index (χ3n) is 3.77. The highest BCUT2D eigenvalue weighted by Crippen LogP contribution is 2.35. The number of nitriles is 1. The molecular weight excluding hydrogens is 240 g/mol. The van der Waals surface area contributed by atoms with Crippen LogP contribution in [0.4, 0.5) is 5.69 Å². The summed E-state index contributed by atoms with van der Waals surface area (Å²) < 4.78 is 0. The lowest BCUT2D eigenvalue weighted by Crippen LogP contribution is -2.45. The smallest absolute Gasteiger partial charge is 0.231 e. The van der Waals surface area contributed by atoms with E-state index in [1.165, 1.54) is 0 Å². The van der Waals surface area contributed by atoms with Crippen LogP contribution in [0.2, 0.25) is 0 Å². The number of likely N-dealkylation sites (tertiary alicyclic amines) is 1. The molecule has 2 rings (SSSR count). The third-order valence-corrected chi connectivity index (χ3v) is 3.77. The molecule has 1 aromatic rings. The Bertz CT molecular complexity index is 495. The van der Waals surface area contributed by atoms with Crippen LogP contribution in [0.3, 0.4) is 0 Å². The van der Waals surface area contributed by atoms with Crippen LogP contribution in [0.5, 0.6) is 0 Å². The summed E-state index contributed by atoms with van der Waals surface area (Å²) in [5, 5.41) is 9.54. The van der Waals surface area contributed by atoms with E-state index in [9.17, 15) is 10.1 Å². The predicted molar refractivity (Wildman–Crippen MR) is 73.0 cm³/mol. The molecule has 5 heteroatoms. The van der Waals surface area contributed by atoms with E-state index in [2.05, 4.69) is 6.07 Å². The highest BCUT2D eigenvalue weighted by Gasteiger charge is 2.36. The topological polar surface area (TPSA) is 96.1 Å². The van der Waals surface area contributed by atoms with Gasteiger partial charge in [0.2, 0.25) is 5.91 Å². The minimum absolute atomic E-state index is 0.267. The number of amides is 1. The zero-order valence-corrected chi connectivity index (χ0v) is 10.8. The van der Waals surface area contributed by atoms with Gasteiger partial charge >= 0.3 is 0 Å². The van der Waals surface area contributed by atoms with E-state index < -0.39 is 5.41 Å². The Kier molecular flexibility index (Phi) is 3.72. The predicted octanol–water partition coefficient (Wildman–Crippen LogP) is 0.611. The number of nitrogen functional groups attached to an aromatic ring is 1. The number of nitrogens with zero attached hydrogens (tertiary/aromatic N) is 2. The first-order valence-electron chi connectivity index (χ1n) is 6.34. The fraction of sp³-hybridized carbons (Fsp3) is 0.429. The first-order chi connectivity index (χ1) is 9.05. The molecule has 19 heavy (non-hydrogen) atoms. The van der Waals surface area contributed by atoms with Gasteiger partial charge in [-0.25, -0.2) is 0 Å². The van der Waals surface area contributed by atoms with E-state index >= 15 is 0 Å². The van der Waals surface area contributed by atoms with Crippen LogP contribution in [0.25, 0.3) is 0 Å². The van der Waals surface area contributed by atoms with Crippen LogP contribution in [-0.4, -0.2) is 30.4 Å². The molecule has 1 saturated heterocycles. The SMILES string of the molecule is N#CC1(c2ccc(N)cc2)CCN(CC(N)=O)CC1. The number of carbonyl (C=O) groups excluding carboxylic acids is 1. The number of rotatable bonds is 3. The van der Waals surface area contributed by atoms with Crippen molar-refractivity contribution >= 4 is 11.6 Å². The van der Waals surface area contributed by atoms with E-state index in [4.69, 9.17) is 11.5 Å². The second kappa shape index (κ2) is 5.29. The van der Waals surface area contributed by atoms with Crippen molar-refractivity contribution < 1.29 is 4.79 Å². The molecule has 4 N–H and O–H groups in total. The maximum Gasteiger partial charge on any atom is 0.231 e. The van der Waals surface area contributed by atoms with Crippen LogP contribution >= 0.6 is 0 Å². The summed E-state index contributed by atoms with van der Waals surface area (Å²) >= 11 is 0. The van der Waals surface area contributed by atoms with Crippen molar-refractivity contribution in [2.75, 3.05) is 25.4 Å². The summed E-state index contributed by atoms with van der Waals surface area (Å²) in [5.74, 6) is -0.322. The number of primary amides is 1. The van der Waals surface area contributed by atoms with Crippen molar-refractivity contribution in [1.82, 2.24) is 4.90 Å². The van der Waals surface area contributed by atoms with Gasteiger partial charge in [0.05, 0.1) is 18.0 Å². The second-order valence-electron chi connectivity index (χ2n) is 5.06. The average Bonchev–Trinajstić information content (AvgIpc) is 2.40. The fourth-order valence-corrected chi connectivity index (χ4v) is 2.58. The summed E-state index contributed by atoms with van der Waals surface area (Å²) in [6.45, 7) is 1.69. The lowest BCUT2D eigenvalue weighted by Gasteiger charge is -2.37. The Balaban J connectivity index is 2.12. The van der Waals surface area contributed by atoms with Crippen LogP contribution < -0.4 is 11.5 Å². The molecule has 0 saturated carbocycles. The Labute approximate surface area is 112 Å². The first kappa shape index (κ1) is 13.4. The van der Waals surface area contributed by atoms with E-state index in [1.54, 1.807) is 0 Å². The van der Waals surface area contributed by atoms with Crippen molar-refractivity contribution in [1.29, 1.82) is 5.26 Å². The van der Waals surface area contributed by atoms with Gasteiger partial charge in [0.15, 0.2) is 0 Å². The van der Waals surface area contributed by atoms with E-state index in [0.29, 0.717) is 31.6 Å². The molecule has 1 fully saturated rings. The first-order valence-corrected chi connectivity index (χ1v) is 6.34. The van der Waals surface area contributed by atoms with E-state index in [-0.39, 0.29) is 12.5 Å². The van der Waals surface area contributed by atoms with Gasteiger partial charge in [0, 0.05) is 18.8 Å². The molecule has 1 amide bonds. The van der Waals surface area contributed by atoms with Crippen LogP contribution in [0.1, 0.15) is 18.4 Å². The van der Waals surface area contributed by atoms with Crippen molar-refractivity contribution in [3.05, 3.63) is 29.8 Å². The quantitative estimate of drug-likeness (QED) is 0.776. The zero-order chi connectivity index (χ0) is 13.9. The van der Waals surface area contributed by atoms with Crippen molar-refractivity contribution in [3.8, 4) is 6.07 Å². The largest absolute Gasteiger partial charge is 0.399 e. The standard InChI is InChI=1S/C14H18N4O/c15-10-14(11-1-3-12(16)4-2-11)5-7-18(8-6-14)9-13(17)19/h1-4H,5-9,16H2,(H2,17,19). The van der Waals surface area contributed by atoms with Gasteiger partial charge < -0.3 is 11.5 Å². The normalized spacial score (nSPS) is 18.7. The molecule has 1 aromatic carbocycles. The lowest BCUT2D eigenvalue weighted by molar-refractivity contribution is -0.119. The molecule has 0 unspecified atom stereocenters. The zero-order valence-electron chi connectivity index (χ0n) is 10.8. The average molecular weight is 258 g/mol. The van der Waals surface area contributed by atoms with Gasteiger partial charge in [-0.05, 0) is 30.5 Å². The molecule has 0 radical (unpaired) electrons. The Morgan fingerprint density at radius 2 is 1.89 bits per heavy atom. The molecule has 5 nitrogen and oxygen atoms in total. The van der Waals surface area contributed by atoms with Gasteiger partial charge in [0.1, 0.15) is 0 Å². The molecule has 1 aliphatic rings. The fourth-order valence-electron chi connectivity index (χ4n) is 2.58. The number of carbonyl (C=O) groups is 1. The number of hydrogen-bond acceptors (Lipinski definition) is 4. The maximum absolute atomic E-state index is 10.9. The number of nitrogens with two attached hydrogens (primary N) is 2. The summed E-state index contributed by atoms with van der Waals surface area (Å²) in [5.41, 5.74) is 12.1. The molecule has 1 heterocycles. The number of anilines is 1. The molecule has 0 atom stereocenters. The summed E-state index contributed by atoms with van der Waals surface area (Å²) in [6, 6.07) is 9.93. The minimum Gasteiger partial charge on any atom is -0.399 e. The van der Waals surface area contributed by atoms with Gasteiger partial charge in [-0.1, -0.05) is 12.1 Å². The molecule has 0 aromatic heterocycles. The van der Waals surface area contributed by atoms with Crippen LogP contribution in [0, 0.1) is 11.3 Å². The minimum atomic E-state index is -0.470.